The maximum Gasteiger partial charge on any atom is 0.141 e. The van der Waals surface area contributed by atoms with Gasteiger partial charge in [0.1, 0.15) is 5.82 Å². The molecule has 1 rings (SSSR count). The normalized spacial score (nSPS) is 13.5. The molecular weight excluding hydrogens is 293 g/mol. The van der Waals surface area contributed by atoms with Gasteiger partial charge in [0.25, 0.3) is 0 Å². The van der Waals surface area contributed by atoms with Crippen LogP contribution in [0.15, 0.2) is 18.2 Å². The summed E-state index contributed by atoms with van der Waals surface area (Å²) in [6, 6.07) is 5.40. The molecule has 0 heterocycles. The van der Waals surface area contributed by atoms with E-state index in [0.29, 0.717) is 6.04 Å². The maximum absolute atomic E-state index is 13.2. The average Bonchev–Trinajstić information content (AvgIpc) is 2.36. The van der Waals surface area contributed by atoms with E-state index in [1.54, 1.807) is 6.07 Å². The summed E-state index contributed by atoms with van der Waals surface area (Å²) in [6.45, 7) is 9.84. The van der Waals surface area contributed by atoms with Gasteiger partial charge in [-0.25, -0.2) is 4.39 Å². The first-order valence-electron chi connectivity index (χ1n) is 7.13. The summed E-state index contributed by atoms with van der Waals surface area (Å²) in [7, 11) is 0. The molecule has 1 atom stereocenters. The zero-order valence-electron chi connectivity index (χ0n) is 12.8. The molecule has 0 aliphatic rings. The molecule has 4 heteroatoms. The number of hydrogen-bond donors (Lipinski definition) is 1. The predicted molar refractivity (Wildman–Crippen MR) is 89.4 cm³/mol. The van der Waals surface area contributed by atoms with E-state index in [9.17, 15) is 4.39 Å². The molecule has 0 radical (unpaired) electrons. The lowest BCUT2D eigenvalue weighted by molar-refractivity contribution is 0.547. The Morgan fingerprint density at radius 2 is 2.05 bits per heavy atom. The van der Waals surface area contributed by atoms with Crippen molar-refractivity contribution in [2.24, 2.45) is 0 Å². The van der Waals surface area contributed by atoms with Crippen molar-refractivity contribution < 1.29 is 4.39 Å². The van der Waals surface area contributed by atoms with Crippen LogP contribution in [0.2, 0.25) is 5.02 Å². The molecule has 114 valence electrons. The summed E-state index contributed by atoms with van der Waals surface area (Å²) in [5.74, 6) is 0.691. The number of halogens is 2. The van der Waals surface area contributed by atoms with Crippen molar-refractivity contribution in [2.75, 3.05) is 12.3 Å². The average molecular weight is 318 g/mol. The molecule has 1 aromatic carbocycles. The van der Waals surface area contributed by atoms with Gasteiger partial charge in [0.15, 0.2) is 0 Å². The molecule has 0 aliphatic heterocycles. The van der Waals surface area contributed by atoms with Gasteiger partial charge in [-0.1, -0.05) is 45.4 Å². The lowest BCUT2D eigenvalue weighted by Gasteiger charge is -2.24. The van der Waals surface area contributed by atoms with Gasteiger partial charge in [0.2, 0.25) is 0 Å². The molecule has 0 saturated heterocycles. The molecule has 20 heavy (non-hydrogen) atoms. The Morgan fingerprint density at radius 1 is 1.35 bits per heavy atom. The van der Waals surface area contributed by atoms with Crippen LogP contribution in [-0.2, 0) is 6.42 Å². The summed E-state index contributed by atoms with van der Waals surface area (Å²) in [5, 5.41) is 3.78. The van der Waals surface area contributed by atoms with Crippen LogP contribution < -0.4 is 5.32 Å². The number of hydrogen-bond acceptors (Lipinski definition) is 2. The third kappa shape index (κ3) is 6.96. The Balaban J connectivity index is 2.65. The van der Waals surface area contributed by atoms with Crippen LogP contribution in [0.3, 0.4) is 0 Å². The van der Waals surface area contributed by atoms with Crippen molar-refractivity contribution in [3.63, 3.8) is 0 Å². The van der Waals surface area contributed by atoms with Gasteiger partial charge in [-0.15, -0.1) is 0 Å². The van der Waals surface area contributed by atoms with Crippen LogP contribution in [0.1, 0.15) is 39.7 Å². The first kappa shape index (κ1) is 17.8. The van der Waals surface area contributed by atoms with Crippen LogP contribution in [0.25, 0.3) is 0 Å². The number of thioether (sulfide) groups is 1. The first-order chi connectivity index (χ1) is 9.31. The number of rotatable bonds is 7. The highest BCUT2D eigenvalue weighted by molar-refractivity contribution is 8.00. The second-order valence-corrected chi connectivity index (χ2v) is 8.28. The zero-order valence-corrected chi connectivity index (χ0v) is 14.4. The summed E-state index contributed by atoms with van der Waals surface area (Å²) < 4.78 is 13.4. The van der Waals surface area contributed by atoms with Gasteiger partial charge in [0, 0.05) is 16.5 Å². The lowest BCUT2D eigenvalue weighted by atomic mass is 10.1. The lowest BCUT2D eigenvalue weighted by Crippen LogP contribution is -2.35. The molecule has 0 spiro atoms. The number of nitrogens with one attached hydrogen (secondary N) is 1. The summed E-state index contributed by atoms with van der Waals surface area (Å²) >= 11 is 7.80. The van der Waals surface area contributed by atoms with Gasteiger partial charge in [-0.05, 0) is 37.1 Å². The second-order valence-electron chi connectivity index (χ2n) is 6.03. The predicted octanol–water partition coefficient (Wildman–Crippen LogP) is 4.92. The molecule has 0 aliphatic carbocycles. The van der Waals surface area contributed by atoms with E-state index in [1.165, 1.54) is 6.07 Å². The Bertz CT molecular complexity index is 417. The molecule has 0 amide bonds. The highest BCUT2D eigenvalue weighted by atomic mass is 35.5. The molecule has 1 nitrogen and oxygen atoms in total. The van der Waals surface area contributed by atoms with Gasteiger partial charge < -0.3 is 5.32 Å². The van der Waals surface area contributed by atoms with Gasteiger partial charge >= 0.3 is 0 Å². The van der Waals surface area contributed by atoms with E-state index in [1.807, 2.05) is 17.8 Å². The molecule has 1 aromatic rings. The quantitative estimate of drug-likeness (QED) is 0.766. The van der Waals surface area contributed by atoms with E-state index in [2.05, 4.69) is 33.0 Å². The van der Waals surface area contributed by atoms with Crippen molar-refractivity contribution in [1.29, 1.82) is 0 Å². The number of benzene rings is 1. The van der Waals surface area contributed by atoms with Crippen molar-refractivity contribution in [3.8, 4) is 0 Å². The third-order valence-electron chi connectivity index (χ3n) is 2.87. The highest BCUT2D eigenvalue weighted by Crippen LogP contribution is 2.25. The summed E-state index contributed by atoms with van der Waals surface area (Å²) in [5.41, 5.74) is 1.08. The molecule has 0 saturated carbocycles. The molecule has 1 N–H and O–H groups in total. The molecule has 0 aromatic heterocycles. The van der Waals surface area contributed by atoms with Gasteiger partial charge in [-0.2, -0.15) is 11.8 Å². The van der Waals surface area contributed by atoms with E-state index < -0.39 is 0 Å². The van der Waals surface area contributed by atoms with E-state index >= 15 is 0 Å². The Labute approximate surface area is 131 Å². The smallest absolute Gasteiger partial charge is 0.141 e. The van der Waals surface area contributed by atoms with Crippen LogP contribution in [-0.4, -0.2) is 23.1 Å². The van der Waals surface area contributed by atoms with Crippen LogP contribution in [0.4, 0.5) is 4.39 Å². The fourth-order valence-corrected chi connectivity index (χ4v) is 2.98. The molecule has 0 fully saturated rings. The Morgan fingerprint density at radius 3 is 2.60 bits per heavy atom. The Kier molecular flexibility index (Phi) is 7.35. The SMILES string of the molecule is CCCNC(CSC(C)(C)C)Cc1ccc(F)c(Cl)c1. The van der Waals surface area contributed by atoms with Crippen molar-refractivity contribution in [3.05, 3.63) is 34.6 Å². The van der Waals surface area contributed by atoms with Gasteiger partial charge in [0.05, 0.1) is 5.02 Å². The minimum Gasteiger partial charge on any atom is -0.313 e. The monoisotopic (exact) mass is 317 g/mol. The molecule has 0 bridgehead atoms. The topological polar surface area (TPSA) is 12.0 Å². The highest BCUT2D eigenvalue weighted by Gasteiger charge is 2.16. The standard InChI is InChI=1S/C16H25ClFNS/c1-5-8-19-13(11-20-16(2,3)4)9-12-6-7-15(18)14(17)10-12/h6-7,10,13,19H,5,8-9,11H2,1-4H3. The van der Waals surface area contributed by atoms with Crippen LogP contribution in [0.5, 0.6) is 0 Å². The summed E-state index contributed by atoms with van der Waals surface area (Å²) in [4.78, 5) is 0. The van der Waals surface area contributed by atoms with E-state index in [-0.39, 0.29) is 15.6 Å². The van der Waals surface area contributed by atoms with Crippen molar-refractivity contribution >= 4 is 23.4 Å². The van der Waals surface area contributed by atoms with Crippen LogP contribution in [0, 0.1) is 5.82 Å². The fourth-order valence-electron chi connectivity index (χ4n) is 1.84. The van der Waals surface area contributed by atoms with E-state index in [0.717, 1.165) is 30.7 Å². The van der Waals surface area contributed by atoms with Crippen molar-refractivity contribution in [1.82, 2.24) is 5.32 Å². The van der Waals surface area contributed by atoms with Gasteiger partial charge in [-0.3, -0.25) is 0 Å². The Hall–Kier alpha value is -0.250. The zero-order chi connectivity index (χ0) is 15.2. The fraction of sp³-hybridized carbons (Fsp3) is 0.625. The minimum absolute atomic E-state index is 0.209. The second kappa shape index (κ2) is 8.26. The maximum atomic E-state index is 13.2. The molecule has 1 unspecified atom stereocenters. The first-order valence-corrected chi connectivity index (χ1v) is 8.49. The van der Waals surface area contributed by atoms with Crippen molar-refractivity contribution in [2.45, 2.75) is 51.3 Å². The minimum atomic E-state index is -0.349. The van der Waals surface area contributed by atoms with Crippen LogP contribution >= 0.6 is 23.4 Å². The summed E-state index contributed by atoms with van der Waals surface area (Å²) in [6.07, 6.45) is 1.99. The largest absolute Gasteiger partial charge is 0.313 e. The van der Waals surface area contributed by atoms with E-state index in [4.69, 9.17) is 11.6 Å². The third-order valence-corrected chi connectivity index (χ3v) is 4.59. The molecular formula is C16H25ClFNS.